The first-order valence-electron chi connectivity index (χ1n) is 5.84. The number of hydrogen-bond acceptors (Lipinski definition) is 3. The molecule has 0 radical (unpaired) electrons. The van der Waals surface area contributed by atoms with Crippen molar-refractivity contribution in [2.24, 2.45) is 12.8 Å². The Morgan fingerprint density at radius 1 is 1.42 bits per heavy atom. The summed E-state index contributed by atoms with van der Waals surface area (Å²) in [4.78, 5) is 1.16. The third-order valence-corrected chi connectivity index (χ3v) is 7.25. The minimum atomic E-state index is -0.0241. The van der Waals surface area contributed by atoms with Crippen molar-refractivity contribution >= 4 is 59.1 Å². The van der Waals surface area contributed by atoms with Gasteiger partial charge in [-0.15, -0.1) is 11.3 Å². The molecule has 0 aliphatic rings. The lowest BCUT2D eigenvalue weighted by Gasteiger charge is -2.10. The molecule has 1 atom stereocenters. The van der Waals surface area contributed by atoms with Crippen LogP contribution in [0.1, 0.15) is 29.2 Å². The van der Waals surface area contributed by atoms with Crippen LogP contribution in [0.4, 0.5) is 0 Å². The minimum Gasteiger partial charge on any atom is -0.323 e. The molecule has 0 spiro atoms. The van der Waals surface area contributed by atoms with E-state index in [9.17, 15) is 0 Å². The monoisotopic (exact) mass is 469 g/mol. The maximum Gasteiger partial charge on any atom is 0.0843 e. The quantitative estimate of drug-likeness (QED) is 0.709. The molecule has 2 aromatic rings. The average Bonchev–Trinajstić information content (AvgIpc) is 2.84. The zero-order chi connectivity index (χ0) is 14.2. The van der Waals surface area contributed by atoms with E-state index >= 15 is 0 Å². The second-order valence-electron chi connectivity index (χ2n) is 4.27. The topological polar surface area (TPSA) is 43.8 Å². The van der Waals surface area contributed by atoms with Crippen LogP contribution in [0.3, 0.4) is 0 Å². The highest BCUT2D eigenvalue weighted by atomic mass is 79.9. The van der Waals surface area contributed by atoms with Crippen LogP contribution in [0.2, 0.25) is 0 Å². The van der Waals surface area contributed by atoms with Crippen molar-refractivity contribution in [2.45, 2.75) is 25.8 Å². The first-order chi connectivity index (χ1) is 8.93. The van der Waals surface area contributed by atoms with E-state index in [4.69, 9.17) is 5.73 Å². The summed E-state index contributed by atoms with van der Waals surface area (Å²) >= 11 is 12.3. The summed E-state index contributed by atoms with van der Waals surface area (Å²) in [5, 5.41) is 4.50. The fraction of sp³-hybridized carbons (Fsp3) is 0.417. The van der Waals surface area contributed by atoms with E-state index in [-0.39, 0.29) is 6.04 Å². The smallest absolute Gasteiger partial charge is 0.0843 e. The third-order valence-electron chi connectivity index (χ3n) is 2.95. The normalized spacial score (nSPS) is 12.9. The van der Waals surface area contributed by atoms with Gasteiger partial charge in [0.1, 0.15) is 0 Å². The number of aryl methyl sites for hydroxylation is 2. The van der Waals surface area contributed by atoms with E-state index in [1.165, 1.54) is 0 Å². The lowest BCUT2D eigenvalue weighted by Crippen LogP contribution is -2.14. The predicted molar refractivity (Wildman–Crippen MR) is 90.6 cm³/mol. The Morgan fingerprint density at radius 3 is 2.58 bits per heavy atom. The fourth-order valence-electron chi connectivity index (χ4n) is 1.90. The summed E-state index contributed by atoms with van der Waals surface area (Å²) < 4.78 is 5.14. The Hall–Kier alpha value is 0.310. The molecule has 0 bridgehead atoms. The molecule has 2 N–H and O–H groups in total. The standard InChI is InChI=1S/C12H14Br3N3S/c1-3-8-11(14)9(18(2)17-8)5-7(16)10-4-6(13)12(15)19-10/h4,7H,3,5,16H2,1-2H3. The van der Waals surface area contributed by atoms with Crippen LogP contribution < -0.4 is 5.73 Å². The van der Waals surface area contributed by atoms with Gasteiger partial charge in [0.05, 0.1) is 19.6 Å². The molecule has 104 valence electrons. The highest BCUT2D eigenvalue weighted by molar-refractivity contribution is 9.13. The van der Waals surface area contributed by atoms with Crippen LogP contribution in [0.15, 0.2) is 18.8 Å². The van der Waals surface area contributed by atoms with Crippen molar-refractivity contribution in [3.63, 3.8) is 0 Å². The first-order valence-corrected chi connectivity index (χ1v) is 9.04. The highest BCUT2D eigenvalue weighted by Crippen LogP contribution is 2.36. The molecule has 0 aliphatic carbocycles. The van der Waals surface area contributed by atoms with Crippen molar-refractivity contribution in [3.05, 3.63) is 35.1 Å². The van der Waals surface area contributed by atoms with E-state index < -0.39 is 0 Å². The molecule has 7 heteroatoms. The molecule has 0 saturated carbocycles. The summed E-state index contributed by atoms with van der Waals surface area (Å²) in [5.41, 5.74) is 8.53. The summed E-state index contributed by atoms with van der Waals surface area (Å²) in [6, 6.07) is 2.05. The van der Waals surface area contributed by atoms with Crippen molar-refractivity contribution in [1.29, 1.82) is 0 Å². The minimum absolute atomic E-state index is 0.0241. The average molecular weight is 472 g/mol. The van der Waals surface area contributed by atoms with E-state index in [2.05, 4.69) is 65.9 Å². The molecule has 0 aliphatic heterocycles. The molecule has 2 aromatic heterocycles. The molecule has 1 unspecified atom stereocenters. The van der Waals surface area contributed by atoms with Gasteiger partial charge in [0.15, 0.2) is 0 Å². The molecule has 0 amide bonds. The van der Waals surface area contributed by atoms with Gasteiger partial charge in [-0.3, -0.25) is 4.68 Å². The van der Waals surface area contributed by atoms with Gasteiger partial charge in [-0.05, 0) is 60.3 Å². The largest absolute Gasteiger partial charge is 0.323 e. The predicted octanol–water partition coefficient (Wildman–Crippen LogP) is 4.57. The van der Waals surface area contributed by atoms with Crippen LogP contribution in [0.25, 0.3) is 0 Å². The summed E-state index contributed by atoms with van der Waals surface area (Å²) in [5.74, 6) is 0. The molecule has 2 rings (SSSR count). The Balaban J connectivity index is 2.23. The first kappa shape index (κ1) is 15.7. The molecule has 3 nitrogen and oxygen atoms in total. The Labute approximate surface area is 142 Å². The van der Waals surface area contributed by atoms with Crippen molar-refractivity contribution in [2.75, 3.05) is 0 Å². The summed E-state index contributed by atoms with van der Waals surface area (Å²) in [6.45, 7) is 2.10. The van der Waals surface area contributed by atoms with Gasteiger partial charge in [0, 0.05) is 28.9 Å². The summed E-state index contributed by atoms with van der Waals surface area (Å²) in [7, 11) is 1.96. The number of thiophene rings is 1. The number of rotatable bonds is 4. The number of halogens is 3. The van der Waals surface area contributed by atoms with Gasteiger partial charge in [-0.25, -0.2) is 0 Å². The second kappa shape index (κ2) is 6.39. The van der Waals surface area contributed by atoms with Gasteiger partial charge >= 0.3 is 0 Å². The van der Waals surface area contributed by atoms with Crippen LogP contribution in [0.5, 0.6) is 0 Å². The van der Waals surface area contributed by atoms with E-state index in [1.54, 1.807) is 11.3 Å². The zero-order valence-electron chi connectivity index (χ0n) is 10.6. The van der Waals surface area contributed by atoms with Gasteiger partial charge in [-0.2, -0.15) is 5.10 Å². The Bertz CT molecular complexity index is 572. The van der Waals surface area contributed by atoms with Crippen LogP contribution in [-0.2, 0) is 19.9 Å². The van der Waals surface area contributed by atoms with Gasteiger partial charge in [-0.1, -0.05) is 6.92 Å². The lowest BCUT2D eigenvalue weighted by molar-refractivity contribution is 0.642. The third kappa shape index (κ3) is 3.32. The maximum absolute atomic E-state index is 6.30. The van der Waals surface area contributed by atoms with Crippen molar-refractivity contribution in [1.82, 2.24) is 9.78 Å². The van der Waals surface area contributed by atoms with Gasteiger partial charge in [0.25, 0.3) is 0 Å². The molecule has 0 saturated heterocycles. The molecule has 0 fully saturated rings. The van der Waals surface area contributed by atoms with E-state index in [0.29, 0.717) is 0 Å². The van der Waals surface area contributed by atoms with E-state index in [0.717, 1.165) is 41.8 Å². The van der Waals surface area contributed by atoms with Crippen LogP contribution in [0, 0.1) is 0 Å². The zero-order valence-corrected chi connectivity index (χ0v) is 16.2. The number of aromatic nitrogens is 2. The molecular formula is C12H14Br3N3S. The number of nitrogens with zero attached hydrogens (tertiary/aromatic N) is 2. The Morgan fingerprint density at radius 2 is 2.11 bits per heavy atom. The molecular weight excluding hydrogens is 458 g/mol. The SMILES string of the molecule is CCc1nn(C)c(CC(N)c2cc(Br)c(Br)s2)c1Br. The van der Waals surface area contributed by atoms with E-state index in [1.807, 2.05) is 11.7 Å². The highest BCUT2D eigenvalue weighted by Gasteiger charge is 2.18. The maximum atomic E-state index is 6.30. The van der Waals surface area contributed by atoms with Gasteiger partial charge in [0.2, 0.25) is 0 Å². The van der Waals surface area contributed by atoms with Crippen molar-refractivity contribution in [3.8, 4) is 0 Å². The number of nitrogens with two attached hydrogens (primary N) is 1. The molecule has 2 heterocycles. The summed E-state index contributed by atoms with van der Waals surface area (Å²) in [6.07, 6.45) is 1.68. The Kier molecular flexibility index (Phi) is 5.28. The number of hydrogen-bond donors (Lipinski definition) is 1. The second-order valence-corrected chi connectivity index (χ2v) is 8.31. The van der Waals surface area contributed by atoms with Gasteiger partial charge < -0.3 is 5.73 Å². The molecule has 19 heavy (non-hydrogen) atoms. The fourth-order valence-corrected chi connectivity index (χ4v) is 4.77. The van der Waals surface area contributed by atoms with Crippen LogP contribution in [-0.4, -0.2) is 9.78 Å². The van der Waals surface area contributed by atoms with Crippen molar-refractivity contribution < 1.29 is 0 Å². The lowest BCUT2D eigenvalue weighted by atomic mass is 10.1. The van der Waals surface area contributed by atoms with Crippen LogP contribution >= 0.6 is 59.1 Å². The molecule has 0 aromatic carbocycles.